The molecule has 1 rings (SSSR count). The highest BCUT2D eigenvalue weighted by Crippen LogP contribution is 2.22. The Labute approximate surface area is 110 Å². The molecule has 0 aliphatic heterocycles. The normalized spacial score (nSPS) is 11.2. The van der Waals surface area contributed by atoms with Crippen LogP contribution in [0.1, 0.15) is 32.9 Å². The fourth-order valence-electron chi connectivity index (χ4n) is 1.79. The third-order valence-corrected chi connectivity index (χ3v) is 2.64. The van der Waals surface area contributed by atoms with Crippen molar-refractivity contribution in [1.82, 2.24) is 9.78 Å². The molecule has 0 aliphatic rings. The summed E-state index contributed by atoms with van der Waals surface area (Å²) in [7, 11) is 1.91. The third-order valence-electron chi connectivity index (χ3n) is 2.64. The first-order valence-corrected chi connectivity index (χ1v) is 6.69. The molecule has 0 radical (unpaired) electrons. The van der Waals surface area contributed by atoms with Gasteiger partial charge in [0.2, 0.25) is 0 Å². The molecule has 0 saturated carbocycles. The standard InChI is InChI=1S/C13H26N4O/c1-5-6-11-12(14)13(17(4)16-11)15-7-8-18-9-10(2)3/h10,15H,5-9,14H2,1-4H3. The van der Waals surface area contributed by atoms with Crippen LogP contribution in [0.15, 0.2) is 0 Å². The fourth-order valence-corrected chi connectivity index (χ4v) is 1.79. The van der Waals surface area contributed by atoms with Crippen molar-refractivity contribution in [2.45, 2.75) is 33.6 Å². The average molecular weight is 254 g/mol. The maximum atomic E-state index is 6.07. The number of nitrogens with one attached hydrogen (secondary N) is 1. The van der Waals surface area contributed by atoms with Crippen molar-refractivity contribution >= 4 is 11.5 Å². The van der Waals surface area contributed by atoms with Crippen LogP contribution in [0.25, 0.3) is 0 Å². The summed E-state index contributed by atoms with van der Waals surface area (Å²) in [5.41, 5.74) is 7.81. The quantitative estimate of drug-likeness (QED) is 0.697. The molecule has 0 atom stereocenters. The maximum absolute atomic E-state index is 6.07. The molecule has 1 aromatic rings. The SMILES string of the molecule is CCCc1nn(C)c(NCCOCC(C)C)c1N. The number of aryl methyl sites for hydroxylation is 2. The molecule has 0 amide bonds. The fraction of sp³-hybridized carbons (Fsp3) is 0.769. The lowest BCUT2D eigenvalue weighted by Crippen LogP contribution is -2.14. The number of nitrogens with two attached hydrogens (primary N) is 1. The number of nitrogens with zero attached hydrogens (tertiary/aromatic N) is 2. The molecule has 0 spiro atoms. The van der Waals surface area contributed by atoms with Gasteiger partial charge in [0.25, 0.3) is 0 Å². The summed E-state index contributed by atoms with van der Waals surface area (Å²) >= 11 is 0. The van der Waals surface area contributed by atoms with Crippen molar-refractivity contribution < 1.29 is 4.74 Å². The zero-order valence-corrected chi connectivity index (χ0v) is 12.0. The van der Waals surface area contributed by atoms with Crippen LogP contribution in [0.2, 0.25) is 0 Å². The molecule has 104 valence electrons. The van der Waals surface area contributed by atoms with Gasteiger partial charge in [0.15, 0.2) is 0 Å². The highest BCUT2D eigenvalue weighted by molar-refractivity contribution is 5.65. The monoisotopic (exact) mass is 254 g/mol. The molecule has 0 saturated heterocycles. The van der Waals surface area contributed by atoms with Crippen LogP contribution in [-0.2, 0) is 18.2 Å². The van der Waals surface area contributed by atoms with Crippen molar-refractivity contribution in [3.05, 3.63) is 5.69 Å². The molecule has 0 aliphatic carbocycles. The number of rotatable bonds is 8. The number of nitrogen functional groups attached to an aromatic ring is 1. The van der Waals surface area contributed by atoms with E-state index < -0.39 is 0 Å². The Kier molecular flexibility index (Phi) is 5.98. The van der Waals surface area contributed by atoms with Crippen LogP contribution in [0.3, 0.4) is 0 Å². The second-order valence-electron chi connectivity index (χ2n) is 4.98. The third kappa shape index (κ3) is 4.22. The van der Waals surface area contributed by atoms with E-state index in [1.807, 2.05) is 11.7 Å². The summed E-state index contributed by atoms with van der Waals surface area (Å²) in [4.78, 5) is 0. The first kappa shape index (κ1) is 14.8. The highest BCUT2D eigenvalue weighted by atomic mass is 16.5. The summed E-state index contributed by atoms with van der Waals surface area (Å²) < 4.78 is 7.33. The first-order chi connectivity index (χ1) is 8.56. The zero-order chi connectivity index (χ0) is 13.5. The summed E-state index contributed by atoms with van der Waals surface area (Å²) in [5, 5.41) is 7.70. The van der Waals surface area contributed by atoms with Crippen LogP contribution in [0.4, 0.5) is 11.5 Å². The molecular weight excluding hydrogens is 228 g/mol. The van der Waals surface area contributed by atoms with Crippen LogP contribution in [0.5, 0.6) is 0 Å². The number of hydrogen-bond donors (Lipinski definition) is 2. The molecule has 0 fully saturated rings. The van der Waals surface area contributed by atoms with Crippen LogP contribution in [-0.4, -0.2) is 29.5 Å². The van der Waals surface area contributed by atoms with E-state index in [0.29, 0.717) is 12.5 Å². The molecule has 0 aromatic carbocycles. The van der Waals surface area contributed by atoms with Crippen molar-refractivity contribution in [3.63, 3.8) is 0 Å². The topological polar surface area (TPSA) is 65.1 Å². The number of hydrogen-bond acceptors (Lipinski definition) is 4. The van der Waals surface area contributed by atoms with Gasteiger partial charge < -0.3 is 15.8 Å². The van der Waals surface area contributed by atoms with Gasteiger partial charge in [-0.3, -0.25) is 4.68 Å². The molecular formula is C13H26N4O. The van der Waals surface area contributed by atoms with E-state index in [9.17, 15) is 0 Å². The lowest BCUT2D eigenvalue weighted by Gasteiger charge is -2.09. The molecule has 1 heterocycles. The minimum atomic E-state index is 0.572. The smallest absolute Gasteiger partial charge is 0.147 e. The van der Waals surface area contributed by atoms with Crippen molar-refractivity contribution in [3.8, 4) is 0 Å². The zero-order valence-electron chi connectivity index (χ0n) is 12.0. The van der Waals surface area contributed by atoms with Crippen molar-refractivity contribution in [2.24, 2.45) is 13.0 Å². The maximum Gasteiger partial charge on any atom is 0.147 e. The summed E-state index contributed by atoms with van der Waals surface area (Å²) in [6, 6.07) is 0. The first-order valence-electron chi connectivity index (χ1n) is 6.69. The lowest BCUT2D eigenvalue weighted by atomic mass is 10.2. The second-order valence-corrected chi connectivity index (χ2v) is 4.98. The van der Waals surface area contributed by atoms with Gasteiger partial charge >= 0.3 is 0 Å². The lowest BCUT2D eigenvalue weighted by molar-refractivity contribution is 0.118. The number of anilines is 2. The van der Waals surface area contributed by atoms with E-state index in [0.717, 1.165) is 43.2 Å². The van der Waals surface area contributed by atoms with E-state index in [4.69, 9.17) is 10.5 Å². The summed E-state index contributed by atoms with van der Waals surface area (Å²) in [5.74, 6) is 1.47. The van der Waals surface area contributed by atoms with Crippen LogP contribution in [0, 0.1) is 5.92 Å². The molecule has 5 heteroatoms. The van der Waals surface area contributed by atoms with Gasteiger partial charge in [-0.15, -0.1) is 0 Å². The van der Waals surface area contributed by atoms with Gasteiger partial charge in [-0.1, -0.05) is 27.2 Å². The van der Waals surface area contributed by atoms with E-state index >= 15 is 0 Å². The van der Waals surface area contributed by atoms with Gasteiger partial charge in [-0.25, -0.2) is 0 Å². The van der Waals surface area contributed by atoms with Crippen LogP contribution < -0.4 is 11.1 Å². The van der Waals surface area contributed by atoms with E-state index in [1.54, 1.807) is 0 Å². The Morgan fingerprint density at radius 1 is 1.44 bits per heavy atom. The summed E-state index contributed by atoms with van der Waals surface area (Å²) in [6.45, 7) is 8.64. The van der Waals surface area contributed by atoms with Gasteiger partial charge in [0.1, 0.15) is 5.82 Å². The minimum absolute atomic E-state index is 0.572. The van der Waals surface area contributed by atoms with Gasteiger partial charge in [-0.05, 0) is 12.3 Å². The average Bonchev–Trinajstić information content (AvgIpc) is 2.56. The largest absolute Gasteiger partial charge is 0.394 e. The second kappa shape index (κ2) is 7.26. The molecule has 1 aromatic heterocycles. The van der Waals surface area contributed by atoms with E-state index in [2.05, 4.69) is 31.2 Å². The molecule has 3 N–H and O–H groups in total. The molecule has 0 unspecified atom stereocenters. The molecule has 18 heavy (non-hydrogen) atoms. The van der Waals surface area contributed by atoms with E-state index in [1.165, 1.54) is 0 Å². The van der Waals surface area contributed by atoms with E-state index in [-0.39, 0.29) is 0 Å². The Hall–Kier alpha value is -1.23. The highest BCUT2D eigenvalue weighted by Gasteiger charge is 2.11. The van der Waals surface area contributed by atoms with Crippen molar-refractivity contribution in [2.75, 3.05) is 30.8 Å². The predicted octanol–water partition coefficient (Wildman–Crippen LogP) is 2.04. The molecule has 0 bridgehead atoms. The Balaban J connectivity index is 2.42. The predicted molar refractivity (Wildman–Crippen MR) is 75.8 cm³/mol. The van der Waals surface area contributed by atoms with Crippen LogP contribution >= 0.6 is 0 Å². The van der Waals surface area contributed by atoms with Gasteiger partial charge in [-0.2, -0.15) is 5.10 Å². The Morgan fingerprint density at radius 3 is 2.78 bits per heavy atom. The minimum Gasteiger partial charge on any atom is -0.394 e. The summed E-state index contributed by atoms with van der Waals surface area (Å²) in [6.07, 6.45) is 1.98. The number of aromatic nitrogens is 2. The van der Waals surface area contributed by atoms with Gasteiger partial charge in [0, 0.05) is 20.2 Å². The van der Waals surface area contributed by atoms with Gasteiger partial charge in [0.05, 0.1) is 18.0 Å². The Bertz CT molecular complexity index is 360. The number of ether oxygens (including phenoxy) is 1. The van der Waals surface area contributed by atoms with Crippen molar-refractivity contribution in [1.29, 1.82) is 0 Å². The molecule has 5 nitrogen and oxygen atoms in total. The Morgan fingerprint density at radius 2 is 2.17 bits per heavy atom.